The Morgan fingerprint density at radius 3 is 2.00 bits per heavy atom. The van der Waals surface area contributed by atoms with E-state index in [0.29, 0.717) is 0 Å². The van der Waals surface area contributed by atoms with Gasteiger partial charge in [-0.1, -0.05) is 48.5 Å². The highest BCUT2D eigenvalue weighted by Gasteiger charge is 2.06. The van der Waals surface area contributed by atoms with Crippen LogP contribution in [0, 0.1) is 0 Å². The van der Waals surface area contributed by atoms with Gasteiger partial charge in [-0.15, -0.1) is 0 Å². The summed E-state index contributed by atoms with van der Waals surface area (Å²) in [7, 11) is 0. The van der Waals surface area contributed by atoms with E-state index in [4.69, 9.17) is 5.73 Å². The molecule has 0 atom stereocenters. The van der Waals surface area contributed by atoms with Crippen LogP contribution in [-0.2, 0) is 6.42 Å². The summed E-state index contributed by atoms with van der Waals surface area (Å²) in [5.74, 6) is 0. The zero-order valence-corrected chi connectivity index (χ0v) is 13.0. The van der Waals surface area contributed by atoms with Gasteiger partial charge in [0, 0.05) is 0 Å². The Balaban J connectivity index is 1.85. The summed E-state index contributed by atoms with van der Waals surface area (Å²) < 4.78 is 0. The molecular weight excluding hydrogens is 268 g/mol. The number of hydrogen-bond acceptors (Lipinski definition) is 2. The van der Waals surface area contributed by atoms with Gasteiger partial charge in [-0.25, -0.2) is 0 Å². The van der Waals surface area contributed by atoms with Crippen molar-refractivity contribution in [2.75, 3.05) is 19.6 Å². The highest BCUT2D eigenvalue weighted by molar-refractivity contribution is 6.02. The predicted octanol–water partition coefficient (Wildman–Crippen LogP) is 3.86. The van der Waals surface area contributed by atoms with Crippen molar-refractivity contribution in [3.05, 3.63) is 60.2 Å². The number of nitrogens with two attached hydrogens (primary N) is 1. The first-order valence-corrected chi connectivity index (χ1v) is 8.20. The third-order valence-corrected chi connectivity index (χ3v) is 4.22. The van der Waals surface area contributed by atoms with Crippen LogP contribution >= 0.6 is 0 Å². The van der Waals surface area contributed by atoms with Crippen LogP contribution in [0.3, 0.4) is 0 Å². The summed E-state index contributed by atoms with van der Waals surface area (Å²) >= 11 is 0. The molecule has 0 aliphatic rings. The van der Waals surface area contributed by atoms with E-state index in [1.165, 1.54) is 27.1 Å². The molecule has 2 nitrogen and oxygen atoms in total. The van der Waals surface area contributed by atoms with Gasteiger partial charge < -0.3 is 11.1 Å². The van der Waals surface area contributed by atoms with Crippen molar-refractivity contribution in [3.63, 3.8) is 0 Å². The number of fused-ring (bicyclic) bond motifs is 2. The first-order valence-electron chi connectivity index (χ1n) is 8.20. The van der Waals surface area contributed by atoms with E-state index in [-0.39, 0.29) is 0 Å². The molecule has 0 heterocycles. The van der Waals surface area contributed by atoms with Crippen molar-refractivity contribution in [2.24, 2.45) is 5.73 Å². The summed E-state index contributed by atoms with van der Waals surface area (Å²) in [5.41, 5.74) is 7.00. The predicted molar refractivity (Wildman–Crippen MR) is 96.3 cm³/mol. The average Bonchev–Trinajstić information content (AvgIpc) is 2.57. The van der Waals surface area contributed by atoms with Crippen molar-refractivity contribution in [1.82, 2.24) is 5.32 Å². The monoisotopic (exact) mass is 292 g/mol. The van der Waals surface area contributed by atoms with Gasteiger partial charge in [0.05, 0.1) is 0 Å². The van der Waals surface area contributed by atoms with Gasteiger partial charge in [-0.3, -0.25) is 0 Å². The van der Waals surface area contributed by atoms with Gasteiger partial charge in [0.1, 0.15) is 0 Å². The minimum absolute atomic E-state index is 0.765. The van der Waals surface area contributed by atoms with Crippen molar-refractivity contribution in [3.8, 4) is 0 Å². The van der Waals surface area contributed by atoms with Gasteiger partial charge in [0.25, 0.3) is 0 Å². The molecule has 0 fully saturated rings. The molecule has 0 radical (unpaired) electrons. The Morgan fingerprint density at radius 1 is 0.773 bits per heavy atom. The second-order valence-corrected chi connectivity index (χ2v) is 5.79. The quantitative estimate of drug-likeness (QED) is 0.512. The number of benzene rings is 3. The van der Waals surface area contributed by atoms with E-state index in [2.05, 4.69) is 59.9 Å². The Morgan fingerprint density at radius 2 is 1.36 bits per heavy atom. The third-order valence-electron chi connectivity index (χ3n) is 4.22. The fourth-order valence-electron chi connectivity index (χ4n) is 3.12. The van der Waals surface area contributed by atoms with Gasteiger partial charge in [-0.05, 0) is 72.1 Å². The molecule has 0 aliphatic heterocycles. The van der Waals surface area contributed by atoms with Gasteiger partial charge in [0.15, 0.2) is 0 Å². The summed E-state index contributed by atoms with van der Waals surface area (Å²) in [6, 6.07) is 19.7. The molecule has 3 aromatic carbocycles. The van der Waals surface area contributed by atoms with Crippen molar-refractivity contribution >= 4 is 21.5 Å². The number of hydrogen-bond donors (Lipinski definition) is 2. The molecule has 0 saturated carbocycles. The topological polar surface area (TPSA) is 38.0 Å². The molecule has 0 aliphatic carbocycles. The lowest BCUT2D eigenvalue weighted by atomic mass is 9.94. The lowest BCUT2D eigenvalue weighted by Crippen LogP contribution is -2.19. The molecule has 22 heavy (non-hydrogen) atoms. The fourth-order valence-corrected chi connectivity index (χ4v) is 3.12. The first kappa shape index (κ1) is 15.0. The maximum atomic E-state index is 5.52. The minimum atomic E-state index is 0.765. The molecule has 0 amide bonds. The van der Waals surface area contributed by atoms with Crippen LogP contribution in [0.25, 0.3) is 21.5 Å². The van der Waals surface area contributed by atoms with E-state index >= 15 is 0 Å². The van der Waals surface area contributed by atoms with Crippen LogP contribution in [-0.4, -0.2) is 19.6 Å². The summed E-state index contributed by atoms with van der Waals surface area (Å²) in [6.07, 6.45) is 3.32. The molecule has 0 saturated heterocycles. The standard InChI is InChI=1S/C20H24N2/c21-12-6-14-22-13-5-11-20-18-9-3-1-7-16(18)15-17-8-2-4-10-19(17)20/h1-4,7-10,15,22H,5-6,11-14,21H2. The minimum Gasteiger partial charge on any atom is -0.330 e. The van der Waals surface area contributed by atoms with Gasteiger partial charge >= 0.3 is 0 Å². The molecule has 0 bridgehead atoms. The Bertz CT molecular complexity index is 695. The second-order valence-electron chi connectivity index (χ2n) is 5.79. The van der Waals surface area contributed by atoms with Crippen LogP contribution in [0.2, 0.25) is 0 Å². The van der Waals surface area contributed by atoms with Crippen molar-refractivity contribution in [1.29, 1.82) is 0 Å². The Hall–Kier alpha value is -1.90. The number of rotatable bonds is 7. The maximum Gasteiger partial charge on any atom is -0.00369 e. The van der Waals surface area contributed by atoms with Crippen LogP contribution in [0.5, 0.6) is 0 Å². The largest absolute Gasteiger partial charge is 0.330 e. The summed E-state index contributed by atoms with van der Waals surface area (Å²) in [5, 5.41) is 8.94. The number of nitrogens with one attached hydrogen (secondary N) is 1. The molecule has 3 rings (SSSR count). The summed E-state index contributed by atoms with van der Waals surface area (Å²) in [6.45, 7) is 2.84. The first-order chi connectivity index (χ1) is 10.9. The Labute approximate surface area is 132 Å². The van der Waals surface area contributed by atoms with Crippen molar-refractivity contribution < 1.29 is 0 Å². The Kier molecular flexibility index (Phi) is 5.04. The van der Waals surface area contributed by atoms with Crippen LogP contribution in [0.15, 0.2) is 54.6 Å². The number of aryl methyl sites for hydroxylation is 1. The lowest BCUT2D eigenvalue weighted by molar-refractivity contribution is 0.628. The molecule has 2 heteroatoms. The molecule has 3 aromatic rings. The SMILES string of the molecule is NCCCNCCCc1c2ccccc2cc2ccccc12. The molecule has 114 valence electrons. The average molecular weight is 292 g/mol. The third kappa shape index (κ3) is 3.29. The molecule has 0 spiro atoms. The fraction of sp³-hybridized carbons (Fsp3) is 0.300. The van der Waals surface area contributed by atoms with E-state index < -0.39 is 0 Å². The van der Waals surface area contributed by atoms with E-state index in [1.807, 2.05) is 0 Å². The van der Waals surface area contributed by atoms with Crippen molar-refractivity contribution in [2.45, 2.75) is 19.3 Å². The molecule has 3 N–H and O–H groups in total. The molecular formula is C20H24N2. The zero-order valence-electron chi connectivity index (χ0n) is 13.0. The van der Waals surface area contributed by atoms with E-state index in [1.54, 1.807) is 0 Å². The lowest BCUT2D eigenvalue weighted by Gasteiger charge is -2.12. The van der Waals surface area contributed by atoms with Gasteiger partial charge in [0.2, 0.25) is 0 Å². The molecule has 0 unspecified atom stereocenters. The summed E-state index contributed by atoms with van der Waals surface area (Å²) in [4.78, 5) is 0. The van der Waals surface area contributed by atoms with E-state index in [0.717, 1.165) is 38.9 Å². The maximum absolute atomic E-state index is 5.52. The van der Waals surface area contributed by atoms with Crippen LogP contribution in [0.1, 0.15) is 18.4 Å². The highest BCUT2D eigenvalue weighted by atomic mass is 14.8. The highest BCUT2D eigenvalue weighted by Crippen LogP contribution is 2.29. The second kappa shape index (κ2) is 7.39. The molecule has 0 aromatic heterocycles. The normalized spacial score (nSPS) is 11.3. The van der Waals surface area contributed by atoms with E-state index in [9.17, 15) is 0 Å². The van der Waals surface area contributed by atoms with Crippen LogP contribution < -0.4 is 11.1 Å². The van der Waals surface area contributed by atoms with Crippen LogP contribution in [0.4, 0.5) is 0 Å². The zero-order chi connectivity index (χ0) is 15.2. The smallest absolute Gasteiger partial charge is 0.00369 e. The van der Waals surface area contributed by atoms with Gasteiger partial charge in [-0.2, -0.15) is 0 Å².